The van der Waals surface area contributed by atoms with Crippen molar-refractivity contribution in [1.82, 2.24) is 4.90 Å². The monoisotopic (exact) mass is 348 g/mol. The fourth-order valence-electron chi connectivity index (χ4n) is 2.75. The van der Waals surface area contributed by atoms with Gasteiger partial charge in [-0.25, -0.2) is 0 Å². The Kier molecular flexibility index (Phi) is 4.24. The summed E-state index contributed by atoms with van der Waals surface area (Å²) in [5.74, 6) is -0.803. The fraction of sp³-hybridized carbons (Fsp3) is 0.222. The quantitative estimate of drug-likeness (QED) is 0.920. The minimum Gasteiger partial charge on any atom is -0.324 e. The molecule has 0 spiro atoms. The van der Waals surface area contributed by atoms with E-state index in [9.17, 15) is 22.8 Å². The lowest BCUT2D eigenvalue weighted by molar-refractivity contribution is -0.137. The van der Waals surface area contributed by atoms with E-state index in [2.05, 4.69) is 5.32 Å². The van der Waals surface area contributed by atoms with Crippen molar-refractivity contribution in [3.8, 4) is 0 Å². The van der Waals surface area contributed by atoms with Crippen molar-refractivity contribution in [1.29, 1.82) is 0 Å². The molecule has 0 bridgehead atoms. The lowest BCUT2D eigenvalue weighted by Crippen LogP contribution is -2.42. The number of fused-ring (bicyclic) bond motifs is 1. The topological polar surface area (TPSA) is 49.4 Å². The molecule has 0 aliphatic carbocycles. The zero-order chi connectivity index (χ0) is 18.2. The Morgan fingerprint density at radius 3 is 2.56 bits per heavy atom. The zero-order valence-electron chi connectivity index (χ0n) is 13.3. The summed E-state index contributed by atoms with van der Waals surface area (Å²) in [6.07, 6.45) is -4.49. The highest BCUT2D eigenvalue weighted by Crippen LogP contribution is 2.31. The molecule has 2 aromatic carbocycles. The third kappa shape index (κ3) is 3.35. The smallest absolute Gasteiger partial charge is 0.324 e. The number of rotatable bonds is 3. The van der Waals surface area contributed by atoms with E-state index in [1.54, 1.807) is 19.1 Å². The second-order valence-electron chi connectivity index (χ2n) is 5.83. The molecule has 0 unspecified atom stereocenters. The number of amides is 2. The molecule has 0 radical (unpaired) electrons. The second kappa shape index (κ2) is 6.23. The van der Waals surface area contributed by atoms with Crippen molar-refractivity contribution in [2.45, 2.75) is 25.7 Å². The Morgan fingerprint density at radius 2 is 1.88 bits per heavy atom. The Bertz CT molecular complexity index is 833. The number of carbonyl (C=O) groups excluding carboxylic acids is 2. The van der Waals surface area contributed by atoms with Crippen LogP contribution < -0.4 is 5.32 Å². The summed E-state index contributed by atoms with van der Waals surface area (Å²) in [7, 11) is 0. The Hall–Kier alpha value is -2.83. The minimum atomic E-state index is -4.49. The molecule has 2 amide bonds. The third-order valence-corrected chi connectivity index (χ3v) is 4.15. The van der Waals surface area contributed by atoms with Gasteiger partial charge in [0.2, 0.25) is 5.91 Å². The van der Waals surface area contributed by atoms with Gasteiger partial charge in [-0.05, 0) is 36.8 Å². The number of benzene rings is 2. The maximum Gasteiger partial charge on any atom is 0.416 e. The number of nitrogens with one attached hydrogen (secondary N) is 1. The number of alkyl halides is 3. The van der Waals surface area contributed by atoms with Gasteiger partial charge >= 0.3 is 6.18 Å². The largest absolute Gasteiger partial charge is 0.416 e. The minimum absolute atomic E-state index is 0.0378. The van der Waals surface area contributed by atoms with Gasteiger partial charge in [0.1, 0.15) is 6.04 Å². The third-order valence-electron chi connectivity index (χ3n) is 4.15. The van der Waals surface area contributed by atoms with E-state index < -0.39 is 23.7 Å². The van der Waals surface area contributed by atoms with Crippen molar-refractivity contribution < 1.29 is 22.8 Å². The summed E-state index contributed by atoms with van der Waals surface area (Å²) in [6.45, 7) is 1.85. The number of halogens is 3. The van der Waals surface area contributed by atoms with Crippen molar-refractivity contribution in [3.63, 3.8) is 0 Å². The summed E-state index contributed by atoms with van der Waals surface area (Å²) in [5, 5.41) is 2.45. The van der Waals surface area contributed by atoms with Gasteiger partial charge in [-0.15, -0.1) is 0 Å². The average Bonchev–Trinajstić information content (AvgIpc) is 2.91. The number of nitrogens with zero attached hydrogens (tertiary/aromatic N) is 1. The van der Waals surface area contributed by atoms with Crippen LogP contribution >= 0.6 is 0 Å². The van der Waals surface area contributed by atoms with Gasteiger partial charge < -0.3 is 10.2 Å². The van der Waals surface area contributed by atoms with Crippen LogP contribution in [0.15, 0.2) is 48.5 Å². The van der Waals surface area contributed by atoms with Crippen LogP contribution in [0, 0.1) is 0 Å². The maximum atomic E-state index is 12.7. The highest BCUT2D eigenvalue weighted by atomic mass is 19.4. The molecule has 2 aromatic rings. The van der Waals surface area contributed by atoms with E-state index >= 15 is 0 Å². The first-order chi connectivity index (χ1) is 11.8. The Morgan fingerprint density at radius 1 is 1.16 bits per heavy atom. The summed E-state index contributed by atoms with van der Waals surface area (Å²) >= 11 is 0. The van der Waals surface area contributed by atoms with Gasteiger partial charge in [0.15, 0.2) is 0 Å². The summed E-state index contributed by atoms with van der Waals surface area (Å²) < 4.78 is 38.2. The van der Waals surface area contributed by atoms with Gasteiger partial charge in [0.05, 0.1) is 5.56 Å². The first-order valence-electron chi connectivity index (χ1n) is 7.64. The first kappa shape index (κ1) is 17.0. The van der Waals surface area contributed by atoms with E-state index in [4.69, 9.17) is 0 Å². The van der Waals surface area contributed by atoms with Crippen molar-refractivity contribution in [2.75, 3.05) is 5.32 Å². The van der Waals surface area contributed by atoms with E-state index in [1.807, 2.05) is 12.1 Å². The average molecular weight is 348 g/mol. The van der Waals surface area contributed by atoms with Crippen LogP contribution in [0.3, 0.4) is 0 Å². The standard InChI is InChI=1S/C18H15F3N2O2/c1-11(23-10-12-5-2-3-8-15(12)17(23)25)16(24)22-14-7-4-6-13(9-14)18(19,20)21/h2-9,11H,10H2,1H3,(H,22,24)/t11-/m1/s1. The van der Waals surface area contributed by atoms with Crippen LogP contribution in [-0.2, 0) is 17.5 Å². The Labute approximate surface area is 142 Å². The molecule has 0 fully saturated rings. The number of carbonyl (C=O) groups is 2. The number of hydrogen-bond donors (Lipinski definition) is 1. The van der Waals surface area contributed by atoms with Crippen molar-refractivity contribution >= 4 is 17.5 Å². The van der Waals surface area contributed by atoms with Crippen LogP contribution in [0.25, 0.3) is 0 Å². The van der Waals surface area contributed by atoms with Gasteiger partial charge in [0.25, 0.3) is 5.91 Å². The maximum absolute atomic E-state index is 12.7. The van der Waals surface area contributed by atoms with E-state index in [1.165, 1.54) is 17.0 Å². The van der Waals surface area contributed by atoms with Crippen molar-refractivity contribution in [2.24, 2.45) is 0 Å². The molecule has 7 heteroatoms. The molecule has 1 aliphatic heterocycles. The van der Waals surface area contributed by atoms with Gasteiger partial charge in [-0.3, -0.25) is 9.59 Å². The highest BCUT2D eigenvalue weighted by molar-refractivity contribution is 6.03. The lowest BCUT2D eigenvalue weighted by atomic mass is 10.1. The molecule has 1 aliphatic rings. The normalized spacial score (nSPS) is 15.0. The molecule has 0 aromatic heterocycles. The van der Waals surface area contributed by atoms with Crippen LogP contribution in [0.2, 0.25) is 0 Å². The fourth-order valence-corrected chi connectivity index (χ4v) is 2.75. The predicted octanol–water partition coefficient (Wildman–Crippen LogP) is 3.69. The van der Waals surface area contributed by atoms with E-state index in [-0.39, 0.29) is 11.6 Å². The zero-order valence-corrected chi connectivity index (χ0v) is 13.3. The van der Waals surface area contributed by atoms with Crippen molar-refractivity contribution in [3.05, 3.63) is 65.2 Å². The summed E-state index contributed by atoms with van der Waals surface area (Å²) in [6, 6.07) is 10.6. The molecule has 25 heavy (non-hydrogen) atoms. The molecule has 4 nitrogen and oxygen atoms in total. The predicted molar refractivity (Wildman–Crippen MR) is 85.9 cm³/mol. The molecular weight excluding hydrogens is 333 g/mol. The molecule has 0 saturated heterocycles. The van der Waals surface area contributed by atoms with Crippen LogP contribution in [-0.4, -0.2) is 22.8 Å². The van der Waals surface area contributed by atoms with Gasteiger partial charge in [0, 0.05) is 17.8 Å². The number of anilines is 1. The second-order valence-corrected chi connectivity index (χ2v) is 5.83. The molecule has 3 rings (SSSR count). The lowest BCUT2D eigenvalue weighted by Gasteiger charge is -2.23. The number of hydrogen-bond acceptors (Lipinski definition) is 2. The van der Waals surface area contributed by atoms with Crippen LogP contribution in [0.1, 0.15) is 28.4 Å². The van der Waals surface area contributed by atoms with Crippen LogP contribution in [0.4, 0.5) is 18.9 Å². The molecule has 1 atom stereocenters. The highest BCUT2D eigenvalue weighted by Gasteiger charge is 2.34. The SMILES string of the molecule is C[C@H](C(=O)Nc1cccc(C(F)(F)F)c1)N1Cc2ccccc2C1=O. The van der Waals surface area contributed by atoms with E-state index in [0.717, 1.165) is 17.7 Å². The molecule has 1 heterocycles. The van der Waals surface area contributed by atoms with Gasteiger partial charge in [-0.2, -0.15) is 13.2 Å². The Balaban J connectivity index is 1.73. The summed E-state index contributed by atoms with van der Waals surface area (Å²) in [4.78, 5) is 26.1. The van der Waals surface area contributed by atoms with Crippen LogP contribution in [0.5, 0.6) is 0 Å². The molecule has 1 N–H and O–H groups in total. The van der Waals surface area contributed by atoms with E-state index in [0.29, 0.717) is 12.1 Å². The summed E-state index contributed by atoms with van der Waals surface area (Å²) in [5.41, 5.74) is 0.561. The molecule has 130 valence electrons. The van der Waals surface area contributed by atoms with Gasteiger partial charge in [-0.1, -0.05) is 24.3 Å². The first-order valence-corrected chi connectivity index (χ1v) is 7.64. The molecule has 0 saturated carbocycles. The molecular formula is C18H15F3N2O2.